The number of fused-ring (bicyclic) bond motifs is 1. The van der Waals surface area contributed by atoms with Gasteiger partial charge in [-0.1, -0.05) is 45.9 Å². The van der Waals surface area contributed by atoms with Crippen LogP contribution in [0.1, 0.15) is 87.1 Å². The molecule has 14 nitrogen and oxygen atoms in total. The molecule has 0 radical (unpaired) electrons. The predicted molar refractivity (Wildman–Crippen MR) is 202 cm³/mol. The molecule has 0 spiro atoms. The van der Waals surface area contributed by atoms with Crippen molar-refractivity contribution in [1.29, 1.82) is 0 Å². The molecule has 302 valence electrons. The maximum absolute atomic E-state index is 14.6. The van der Waals surface area contributed by atoms with E-state index in [0.717, 1.165) is 5.56 Å². The van der Waals surface area contributed by atoms with Gasteiger partial charge in [0.2, 0.25) is 5.91 Å². The molecule has 3 N–H and O–H groups in total. The molecule has 3 heterocycles. The number of hydrazine groups is 1. The van der Waals surface area contributed by atoms with Crippen molar-refractivity contribution in [1.82, 2.24) is 15.3 Å². The number of amides is 2. The summed E-state index contributed by atoms with van der Waals surface area (Å²) in [5.74, 6) is -2.78. The molecule has 2 saturated heterocycles. The van der Waals surface area contributed by atoms with Crippen molar-refractivity contribution in [2.75, 3.05) is 26.5 Å². The number of esters is 1. The van der Waals surface area contributed by atoms with E-state index in [-0.39, 0.29) is 36.8 Å². The number of benzene rings is 1. The number of anilines is 1. The molecule has 2 amide bonds. The van der Waals surface area contributed by atoms with E-state index in [4.69, 9.17) is 23.7 Å². The number of ether oxygens (including phenoxy) is 5. The summed E-state index contributed by atoms with van der Waals surface area (Å²) >= 11 is 0. The number of aliphatic hydroxyl groups excluding tert-OH is 1. The Morgan fingerprint density at radius 2 is 1.74 bits per heavy atom. The van der Waals surface area contributed by atoms with Gasteiger partial charge in [-0.25, -0.2) is 20.0 Å². The summed E-state index contributed by atoms with van der Waals surface area (Å²) in [6.45, 7) is 16.1. The third-order valence-corrected chi connectivity index (χ3v) is 11.4. The Hall–Kier alpha value is -3.40. The number of hydrogen-bond acceptors (Lipinski definition) is 12. The smallest absolute Gasteiger partial charge is 0.425 e. The van der Waals surface area contributed by atoms with E-state index in [2.05, 4.69) is 10.7 Å². The van der Waals surface area contributed by atoms with Crippen LogP contribution in [0.5, 0.6) is 0 Å². The van der Waals surface area contributed by atoms with Crippen LogP contribution in [0.4, 0.5) is 10.5 Å². The summed E-state index contributed by atoms with van der Waals surface area (Å²) in [6, 6.07) is 6.06. The number of carbonyl (C=O) groups excluding carboxylic acids is 4. The molecule has 3 aliphatic heterocycles. The minimum absolute atomic E-state index is 0.147. The number of Topliss-reactive ketones (excluding diaryl/α,β-unsaturated/α-hetero) is 1. The third kappa shape index (κ3) is 9.34. The normalized spacial score (nSPS) is 37.9. The molecule has 0 saturated carbocycles. The highest BCUT2D eigenvalue weighted by Crippen LogP contribution is 2.42. The van der Waals surface area contributed by atoms with Gasteiger partial charge in [0, 0.05) is 55.6 Å². The summed E-state index contributed by atoms with van der Waals surface area (Å²) < 4.78 is 31.3. The average Bonchev–Trinajstić information content (AvgIpc) is 3.37. The predicted octanol–water partition coefficient (Wildman–Crippen LogP) is 4.59. The molecule has 0 aromatic heterocycles. The van der Waals surface area contributed by atoms with Crippen LogP contribution in [0, 0.1) is 17.8 Å². The fraction of sp³-hybridized carbons (Fsp3) is 0.700. The van der Waals surface area contributed by atoms with Crippen LogP contribution in [-0.4, -0.2) is 114 Å². The lowest BCUT2D eigenvalue weighted by atomic mass is 9.74. The molecule has 3 aliphatic rings. The van der Waals surface area contributed by atoms with E-state index in [1.807, 2.05) is 65.7 Å². The average molecular weight is 759 g/mol. The Kier molecular flexibility index (Phi) is 14.1. The first kappa shape index (κ1) is 43.3. The summed E-state index contributed by atoms with van der Waals surface area (Å²) in [7, 11) is 5.36. The Balaban J connectivity index is 1.73. The Labute approximate surface area is 320 Å². The number of aliphatic hydroxyl groups is 1. The summed E-state index contributed by atoms with van der Waals surface area (Å²) in [5.41, 5.74) is 2.44. The van der Waals surface area contributed by atoms with E-state index < -0.39 is 71.7 Å². The summed E-state index contributed by atoms with van der Waals surface area (Å²) in [6.07, 6.45) is -1.64. The molecule has 12 atom stereocenters. The van der Waals surface area contributed by atoms with Gasteiger partial charge in [0.1, 0.15) is 24.0 Å². The second-order valence-corrected chi connectivity index (χ2v) is 16.0. The second kappa shape index (κ2) is 17.6. The lowest BCUT2D eigenvalue weighted by Crippen LogP contribution is -2.60. The van der Waals surface area contributed by atoms with Crippen LogP contribution in [0.25, 0.3) is 0 Å². The molecule has 54 heavy (non-hydrogen) atoms. The molecule has 4 rings (SSSR count). The zero-order valence-corrected chi connectivity index (χ0v) is 34.0. The van der Waals surface area contributed by atoms with Crippen LogP contribution in [0.3, 0.4) is 0 Å². The van der Waals surface area contributed by atoms with Gasteiger partial charge in [-0.05, 0) is 78.7 Å². The topological polar surface area (TPSA) is 165 Å². The van der Waals surface area contributed by atoms with Gasteiger partial charge < -0.3 is 39.0 Å². The highest BCUT2D eigenvalue weighted by atomic mass is 16.7. The number of rotatable bonds is 9. The van der Waals surface area contributed by atoms with E-state index in [1.54, 1.807) is 46.1 Å². The first-order valence-electron chi connectivity index (χ1n) is 19.0. The highest BCUT2D eigenvalue weighted by molar-refractivity contribution is 5.89. The van der Waals surface area contributed by atoms with Crippen LogP contribution in [-0.2, 0) is 44.6 Å². The van der Waals surface area contributed by atoms with Crippen molar-refractivity contribution in [3.8, 4) is 0 Å². The first-order valence-corrected chi connectivity index (χ1v) is 19.0. The van der Waals surface area contributed by atoms with Crippen molar-refractivity contribution in [2.24, 2.45) is 17.8 Å². The van der Waals surface area contributed by atoms with Crippen molar-refractivity contribution >= 4 is 29.4 Å². The van der Waals surface area contributed by atoms with Crippen LogP contribution >= 0.6 is 0 Å². The van der Waals surface area contributed by atoms with E-state index in [1.165, 1.54) is 11.9 Å². The standard InChI is InChI=1S/C40H62N4O10/c1-13-31-40(9)34(44(38(49)54-40)41-21-28-14-16-29(17-15-28)42-27(7)45)26(6)32(46)24(4)20-39(8,50-12)35(22(2)18-23(3)36(48)52-31)53-37-33(47)30(43(10)11)19-25(5)51-37/h14-18,22,24-26,30-31,33-35,37,41,47H,13,19-21H2,1-12H3,(H,42,45)/b23-18+/t22-,24+,25+,26-,30-,31?,33+,34+,35+,37-,39+,40+/m0/s1. The molecule has 1 unspecified atom stereocenters. The van der Waals surface area contributed by atoms with Crippen LogP contribution in [0.2, 0.25) is 0 Å². The molecular formula is C40H62N4O10. The fourth-order valence-corrected chi connectivity index (χ4v) is 8.52. The zero-order valence-electron chi connectivity index (χ0n) is 34.0. The summed E-state index contributed by atoms with van der Waals surface area (Å²) in [5, 5.41) is 15.5. The Morgan fingerprint density at radius 1 is 1.09 bits per heavy atom. The number of carbonyl (C=O) groups is 4. The van der Waals surface area contributed by atoms with Gasteiger partial charge in [-0.3, -0.25) is 9.59 Å². The number of nitrogens with zero attached hydrogens (tertiary/aromatic N) is 2. The maximum Gasteiger partial charge on any atom is 0.425 e. The summed E-state index contributed by atoms with van der Waals surface area (Å²) in [4.78, 5) is 55.6. The molecule has 1 aromatic carbocycles. The number of ketones is 1. The Morgan fingerprint density at radius 3 is 2.31 bits per heavy atom. The van der Waals surface area contributed by atoms with Gasteiger partial charge >= 0.3 is 12.1 Å². The zero-order chi connectivity index (χ0) is 40.3. The molecule has 1 aromatic rings. The van der Waals surface area contributed by atoms with E-state index in [9.17, 15) is 24.3 Å². The van der Waals surface area contributed by atoms with Crippen molar-refractivity contribution < 1.29 is 48.0 Å². The van der Waals surface area contributed by atoms with Crippen LogP contribution < -0.4 is 10.7 Å². The second-order valence-electron chi connectivity index (χ2n) is 16.0. The molecular weight excluding hydrogens is 696 g/mol. The van der Waals surface area contributed by atoms with E-state index in [0.29, 0.717) is 24.1 Å². The third-order valence-electron chi connectivity index (χ3n) is 11.4. The monoisotopic (exact) mass is 758 g/mol. The largest absolute Gasteiger partial charge is 0.455 e. The molecule has 2 fully saturated rings. The quantitative estimate of drug-likeness (QED) is 0.301. The van der Waals surface area contributed by atoms with Gasteiger partial charge in [0.25, 0.3) is 0 Å². The number of likely N-dealkylation sites (N-methyl/N-ethyl adjacent to an activating group) is 1. The number of methoxy groups -OCH3 is 1. The van der Waals surface area contributed by atoms with Gasteiger partial charge in [-0.2, -0.15) is 0 Å². The lowest BCUT2D eigenvalue weighted by molar-refractivity contribution is -0.294. The van der Waals surface area contributed by atoms with E-state index >= 15 is 0 Å². The fourth-order valence-electron chi connectivity index (χ4n) is 8.52. The molecule has 0 bridgehead atoms. The van der Waals surface area contributed by atoms with Crippen molar-refractivity contribution in [2.45, 2.75) is 142 Å². The molecule has 14 heteroatoms. The minimum atomic E-state index is -1.40. The lowest BCUT2D eigenvalue weighted by Gasteiger charge is -2.46. The number of hydrogen-bond donors (Lipinski definition) is 3. The Bertz CT molecular complexity index is 1540. The minimum Gasteiger partial charge on any atom is -0.455 e. The van der Waals surface area contributed by atoms with Crippen LogP contribution in [0.15, 0.2) is 35.9 Å². The maximum atomic E-state index is 14.6. The van der Waals surface area contributed by atoms with Crippen molar-refractivity contribution in [3.05, 3.63) is 41.5 Å². The van der Waals surface area contributed by atoms with Crippen molar-refractivity contribution in [3.63, 3.8) is 0 Å². The number of nitrogens with one attached hydrogen (secondary N) is 2. The first-order chi connectivity index (χ1) is 25.3. The SMILES string of the molecule is CCC1OC(=O)/C(C)=C/[C@H](C)[C@@H](O[C@@H]2O[C@H](C)C[C@H](N(C)C)[C@H]2O)[C@](C)(OC)C[C@@H](C)C(=O)[C@H](C)[C@H]2N(NCc3ccc(NC(C)=O)cc3)C(=O)O[C@]12C. The highest BCUT2D eigenvalue weighted by Gasteiger charge is 2.60. The van der Waals surface area contributed by atoms with Gasteiger partial charge in [-0.15, -0.1) is 0 Å². The number of cyclic esters (lactones) is 1. The van der Waals surface area contributed by atoms with Gasteiger partial charge in [0.05, 0.1) is 17.8 Å². The van der Waals surface area contributed by atoms with Gasteiger partial charge in [0.15, 0.2) is 11.9 Å². The molecule has 0 aliphatic carbocycles.